The lowest BCUT2D eigenvalue weighted by molar-refractivity contribution is 0.0381. The van der Waals surface area contributed by atoms with E-state index in [0.717, 1.165) is 32.8 Å². The number of nitrogens with one attached hydrogen (secondary N) is 1. The second-order valence-corrected chi connectivity index (χ2v) is 4.77. The summed E-state index contributed by atoms with van der Waals surface area (Å²) >= 11 is 0. The number of halogens is 2. The molecule has 1 aromatic carbocycles. The molecule has 0 aromatic heterocycles. The summed E-state index contributed by atoms with van der Waals surface area (Å²) < 4.78 is 32.4. The molecule has 1 atom stereocenters. The van der Waals surface area contributed by atoms with E-state index in [2.05, 4.69) is 10.2 Å². The number of benzene rings is 1. The summed E-state index contributed by atoms with van der Waals surface area (Å²) in [6.45, 7) is 6.71. The highest BCUT2D eigenvalue weighted by Gasteiger charge is 2.16. The van der Waals surface area contributed by atoms with Crippen LogP contribution in [0.15, 0.2) is 18.2 Å². The van der Waals surface area contributed by atoms with Crippen molar-refractivity contribution >= 4 is 0 Å². The highest BCUT2D eigenvalue weighted by molar-refractivity contribution is 5.22. The minimum absolute atomic E-state index is 0.115. The minimum atomic E-state index is -0.494. The molecule has 1 saturated heterocycles. The number of ether oxygens (including phenoxy) is 1. The van der Waals surface area contributed by atoms with Gasteiger partial charge in [-0.1, -0.05) is 6.07 Å². The van der Waals surface area contributed by atoms with Crippen LogP contribution in [0.1, 0.15) is 18.5 Å². The van der Waals surface area contributed by atoms with E-state index >= 15 is 0 Å². The normalized spacial score (nSPS) is 18.5. The van der Waals surface area contributed by atoms with E-state index in [1.54, 1.807) is 6.92 Å². The molecule has 0 amide bonds. The molecule has 1 unspecified atom stereocenters. The summed E-state index contributed by atoms with van der Waals surface area (Å²) in [5.74, 6) is -0.988. The van der Waals surface area contributed by atoms with E-state index in [9.17, 15) is 8.78 Å². The highest BCUT2D eigenvalue weighted by Crippen LogP contribution is 2.19. The second-order valence-electron chi connectivity index (χ2n) is 4.77. The van der Waals surface area contributed by atoms with E-state index in [1.165, 1.54) is 18.2 Å². The van der Waals surface area contributed by atoms with Crippen LogP contribution in [0.5, 0.6) is 0 Å². The van der Waals surface area contributed by atoms with Gasteiger partial charge < -0.3 is 10.1 Å². The zero-order valence-electron chi connectivity index (χ0n) is 11.2. The van der Waals surface area contributed by atoms with Gasteiger partial charge in [0, 0.05) is 37.8 Å². The van der Waals surface area contributed by atoms with Gasteiger partial charge in [0.2, 0.25) is 0 Å². The van der Waals surface area contributed by atoms with Crippen LogP contribution in [0.25, 0.3) is 0 Å². The van der Waals surface area contributed by atoms with Crippen molar-refractivity contribution in [2.75, 3.05) is 39.4 Å². The molecule has 0 aliphatic carbocycles. The van der Waals surface area contributed by atoms with Gasteiger partial charge in [0.05, 0.1) is 13.2 Å². The largest absolute Gasteiger partial charge is 0.379 e. The molecule has 0 spiro atoms. The zero-order valence-corrected chi connectivity index (χ0v) is 11.2. The third-order valence-corrected chi connectivity index (χ3v) is 3.41. The average molecular weight is 270 g/mol. The Labute approximate surface area is 112 Å². The fourth-order valence-corrected chi connectivity index (χ4v) is 2.29. The van der Waals surface area contributed by atoms with Gasteiger partial charge >= 0.3 is 0 Å². The Morgan fingerprint density at radius 1 is 1.26 bits per heavy atom. The summed E-state index contributed by atoms with van der Waals surface area (Å²) in [5, 5.41) is 3.17. The Hall–Kier alpha value is -1.04. The maximum Gasteiger partial charge on any atom is 0.130 e. The molecule has 2 rings (SSSR count). The average Bonchev–Trinajstić information content (AvgIpc) is 2.40. The van der Waals surface area contributed by atoms with Crippen LogP contribution in [0.4, 0.5) is 8.78 Å². The molecule has 19 heavy (non-hydrogen) atoms. The van der Waals surface area contributed by atoms with Crippen molar-refractivity contribution in [3.05, 3.63) is 35.4 Å². The maximum atomic E-state index is 13.6. The predicted octanol–water partition coefficient (Wildman–Crippen LogP) is 1.95. The van der Waals surface area contributed by atoms with Crippen LogP contribution in [0, 0.1) is 11.6 Å². The standard InChI is InChI=1S/C14H20F2N2O/c1-11(14-12(15)3-2-4-13(14)16)17-5-6-18-7-9-19-10-8-18/h2-4,11,17H,5-10H2,1H3. The van der Waals surface area contributed by atoms with Crippen molar-refractivity contribution in [1.82, 2.24) is 10.2 Å². The van der Waals surface area contributed by atoms with Gasteiger partial charge in [-0.2, -0.15) is 0 Å². The molecule has 1 aromatic rings. The van der Waals surface area contributed by atoms with Crippen molar-refractivity contribution in [3.8, 4) is 0 Å². The van der Waals surface area contributed by atoms with Crippen LogP contribution >= 0.6 is 0 Å². The molecule has 0 radical (unpaired) electrons. The van der Waals surface area contributed by atoms with Gasteiger partial charge in [0.1, 0.15) is 11.6 Å². The molecular weight excluding hydrogens is 250 g/mol. The van der Waals surface area contributed by atoms with Gasteiger partial charge in [-0.15, -0.1) is 0 Å². The third-order valence-electron chi connectivity index (χ3n) is 3.41. The SMILES string of the molecule is CC(NCCN1CCOCC1)c1c(F)cccc1F. The van der Waals surface area contributed by atoms with Gasteiger partial charge in [0.15, 0.2) is 0 Å². The van der Waals surface area contributed by atoms with E-state index < -0.39 is 11.6 Å². The summed E-state index contributed by atoms with van der Waals surface area (Å²) in [6.07, 6.45) is 0. The molecule has 1 N–H and O–H groups in total. The van der Waals surface area contributed by atoms with Crippen LogP contribution in [-0.4, -0.2) is 44.3 Å². The highest BCUT2D eigenvalue weighted by atomic mass is 19.1. The van der Waals surface area contributed by atoms with Crippen LogP contribution in [0.2, 0.25) is 0 Å². The molecular formula is C14H20F2N2O. The predicted molar refractivity (Wildman–Crippen MR) is 70.0 cm³/mol. The number of hydrogen-bond donors (Lipinski definition) is 1. The van der Waals surface area contributed by atoms with Crippen molar-refractivity contribution in [2.24, 2.45) is 0 Å². The third kappa shape index (κ3) is 3.96. The van der Waals surface area contributed by atoms with E-state index in [-0.39, 0.29) is 11.6 Å². The molecule has 0 bridgehead atoms. The Balaban J connectivity index is 1.82. The molecule has 1 heterocycles. The molecule has 0 saturated carbocycles. The minimum Gasteiger partial charge on any atom is -0.379 e. The molecule has 1 aliphatic rings. The van der Waals surface area contributed by atoms with Crippen LogP contribution in [0.3, 0.4) is 0 Å². The number of nitrogens with zero attached hydrogens (tertiary/aromatic N) is 1. The Kier molecular flexibility index (Phi) is 5.24. The number of morpholine rings is 1. The number of rotatable bonds is 5. The van der Waals surface area contributed by atoms with E-state index in [1.807, 2.05) is 0 Å². The summed E-state index contributed by atoms with van der Waals surface area (Å²) in [6, 6.07) is 3.63. The first-order valence-electron chi connectivity index (χ1n) is 6.66. The Morgan fingerprint density at radius 3 is 2.53 bits per heavy atom. The lowest BCUT2D eigenvalue weighted by Gasteiger charge is -2.27. The Morgan fingerprint density at radius 2 is 1.89 bits per heavy atom. The Bertz CT molecular complexity index is 388. The fourth-order valence-electron chi connectivity index (χ4n) is 2.29. The van der Waals surface area contributed by atoms with Gasteiger partial charge in [0.25, 0.3) is 0 Å². The lowest BCUT2D eigenvalue weighted by Crippen LogP contribution is -2.40. The second kappa shape index (κ2) is 6.93. The van der Waals surface area contributed by atoms with Crippen molar-refractivity contribution < 1.29 is 13.5 Å². The fraction of sp³-hybridized carbons (Fsp3) is 0.571. The molecule has 1 aliphatic heterocycles. The first-order valence-corrected chi connectivity index (χ1v) is 6.66. The lowest BCUT2D eigenvalue weighted by atomic mass is 10.1. The summed E-state index contributed by atoms with van der Waals surface area (Å²) in [5.41, 5.74) is 0.115. The molecule has 5 heteroatoms. The van der Waals surface area contributed by atoms with Crippen molar-refractivity contribution in [2.45, 2.75) is 13.0 Å². The van der Waals surface area contributed by atoms with Gasteiger partial charge in [-0.25, -0.2) is 8.78 Å². The van der Waals surface area contributed by atoms with Gasteiger partial charge in [-0.05, 0) is 19.1 Å². The molecule has 3 nitrogen and oxygen atoms in total. The molecule has 106 valence electrons. The smallest absolute Gasteiger partial charge is 0.130 e. The van der Waals surface area contributed by atoms with Crippen molar-refractivity contribution in [3.63, 3.8) is 0 Å². The van der Waals surface area contributed by atoms with Crippen LogP contribution in [-0.2, 0) is 4.74 Å². The first-order chi connectivity index (χ1) is 9.18. The quantitative estimate of drug-likeness (QED) is 0.885. The van der Waals surface area contributed by atoms with Crippen LogP contribution < -0.4 is 5.32 Å². The van der Waals surface area contributed by atoms with E-state index in [4.69, 9.17) is 4.74 Å². The molecule has 1 fully saturated rings. The van der Waals surface area contributed by atoms with Gasteiger partial charge in [-0.3, -0.25) is 4.90 Å². The van der Waals surface area contributed by atoms with E-state index in [0.29, 0.717) is 6.54 Å². The first kappa shape index (κ1) is 14.4. The number of hydrogen-bond acceptors (Lipinski definition) is 3. The monoisotopic (exact) mass is 270 g/mol. The topological polar surface area (TPSA) is 24.5 Å². The summed E-state index contributed by atoms with van der Waals surface area (Å²) in [7, 11) is 0. The summed E-state index contributed by atoms with van der Waals surface area (Å²) in [4.78, 5) is 2.28. The zero-order chi connectivity index (χ0) is 13.7. The maximum absolute atomic E-state index is 13.6. The van der Waals surface area contributed by atoms with Crippen molar-refractivity contribution in [1.29, 1.82) is 0 Å².